The first-order chi connectivity index (χ1) is 11.2. The molecular formula is C16H18N6O. The molecule has 4 rings (SSSR count). The first-order valence-corrected chi connectivity index (χ1v) is 7.77. The van der Waals surface area contributed by atoms with Crippen LogP contribution in [0.25, 0.3) is 11.0 Å². The van der Waals surface area contributed by atoms with E-state index in [1.807, 2.05) is 25.5 Å². The lowest BCUT2D eigenvalue weighted by molar-refractivity contribution is 0.0764. The fourth-order valence-corrected chi connectivity index (χ4v) is 3.24. The molecule has 7 heteroatoms. The summed E-state index contributed by atoms with van der Waals surface area (Å²) in [5, 5.41) is 10.6. The van der Waals surface area contributed by atoms with E-state index in [0.29, 0.717) is 17.0 Å². The zero-order valence-electron chi connectivity index (χ0n) is 12.9. The maximum atomic E-state index is 12.6. The van der Waals surface area contributed by atoms with Gasteiger partial charge in [-0.1, -0.05) is 0 Å². The van der Waals surface area contributed by atoms with Gasteiger partial charge in [-0.25, -0.2) is 4.98 Å². The Hall–Kier alpha value is -2.70. The molecule has 7 nitrogen and oxygen atoms in total. The lowest BCUT2D eigenvalue weighted by atomic mass is 9.97. The van der Waals surface area contributed by atoms with Crippen LogP contribution in [-0.2, 0) is 13.0 Å². The van der Waals surface area contributed by atoms with E-state index in [1.165, 1.54) is 0 Å². The van der Waals surface area contributed by atoms with Crippen molar-refractivity contribution in [3.8, 4) is 0 Å². The van der Waals surface area contributed by atoms with Crippen molar-refractivity contribution < 1.29 is 4.79 Å². The highest BCUT2D eigenvalue weighted by Gasteiger charge is 2.23. The van der Waals surface area contributed by atoms with E-state index in [1.54, 1.807) is 17.0 Å². The van der Waals surface area contributed by atoms with Crippen LogP contribution in [0.15, 0.2) is 30.6 Å². The molecule has 2 aromatic heterocycles. The molecule has 0 spiro atoms. The third kappa shape index (κ3) is 2.58. The quantitative estimate of drug-likeness (QED) is 0.795. The van der Waals surface area contributed by atoms with Crippen LogP contribution in [-0.4, -0.2) is 49.4 Å². The molecule has 118 valence electrons. The Bertz CT molecular complexity index is 851. The Morgan fingerprint density at radius 3 is 3.17 bits per heavy atom. The summed E-state index contributed by atoms with van der Waals surface area (Å²) in [4.78, 5) is 18.8. The van der Waals surface area contributed by atoms with Crippen LogP contribution in [0.1, 0.15) is 22.6 Å². The van der Waals surface area contributed by atoms with Crippen molar-refractivity contribution in [3.05, 3.63) is 42.0 Å². The monoisotopic (exact) mass is 310 g/mol. The van der Waals surface area contributed by atoms with Gasteiger partial charge in [0.25, 0.3) is 5.91 Å². The Labute approximate surface area is 133 Å². The molecule has 0 saturated heterocycles. The van der Waals surface area contributed by atoms with Crippen LogP contribution < -0.4 is 0 Å². The molecule has 1 N–H and O–H groups in total. The van der Waals surface area contributed by atoms with Gasteiger partial charge in [0.1, 0.15) is 16.9 Å². The molecule has 3 aromatic rings. The van der Waals surface area contributed by atoms with Crippen molar-refractivity contribution in [2.75, 3.05) is 13.6 Å². The van der Waals surface area contributed by atoms with E-state index >= 15 is 0 Å². The first kappa shape index (κ1) is 13.9. The second kappa shape index (κ2) is 5.49. The van der Waals surface area contributed by atoms with Crippen molar-refractivity contribution in [2.24, 2.45) is 5.92 Å². The van der Waals surface area contributed by atoms with Gasteiger partial charge in [-0.15, -0.1) is 0 Å². The molecule has 0 saturated carbocycles. The van der Waals surface area contributed by atoms with E-state index in [-0.39, 0.29) is 5.91 Å². The minimum absolute atomic E-state index is 0.0174. The zero-order valence-corrected chi connectivity index (χ0v) is 12.9. The Kier molecular flexibility index (Phi) is 3.33. The molecule has 1 aliphatic rings. The normalized spacial score (nSPS) is 17.2. The number of aromatic nitrogens is 5. The summed E-state index contributed by atoms with van der Waals surface area (Å²) in [5.41, 5.74) is 2.12. The van der Waals surface area contributed by atoms with Gasteiger partial charge < -0.3 is 9.47 Å². The van der Waals surface area contributed by atoms with Crippen molar-refractivity contribution in [1.29, 1.82) is 0 Å². The van der Waals surface area contributed by atoms with Gasteiger partial charge in [0.15, 0.2) is 0 Å². The molecule has 0 fully saturated rings. The number of carbonyl (C=O) groups is 1. The topological polar surface area (TPSA) is 79.7 Å². The predicted molar refractivity (Wildman–Crippen MR) is 84.9 cm³/mol. The predicted octanol–water partition coefficient (Wildman–Crippen LogP) is 1.49. The van der Waals surface area contributed by atoms with Crippen LogP contribution in [0.3, 0.4) is 0 Å². The molecule has 1 amide bonds. The second-order valence-electron chi connectivity index (χ2n) is 6.11. The number of aryl methyl sites for hydroxylation is 1. The number of hydrogen-bond acceptors (Lipinski definition) is 4. The van der Waals surface area contributed by atoms with E-state index in [2.05, 4.69) is 25.0 Å². The number of H-pyrrole nitrogens is 1. The Morgan fingerprint density at radius 1 is 1.39 bits per heavy atom. The molecule has 1 aliphatic heterocycles. The van der Waals surface area contributed by atoms with E-state index in [9.17, 15) is 4.79 Å². The third-order valence-corrected chi connectivity index (χ3v) is 4.49. The summed E-state index contributed by atoms with van der Waals surface area (Å²) < 4.78 is 2.19. The number of carbonyl (C=O) groups excluding carboxylic acids is 1. The number of amides is 1. The molecule has 0 unspecified atom stereocenters. The summed E-state index contributed by atoms with van der Waals surface area (Å²) in [7, 11) is 1.86. The summed E-state index contributed by atoms with van der Waals surface area (Å²) >= 11 is 0. The van der Waals surface area contributed by atoms with Crippen molar-refractivity contribution in [1.82, 2.24) is 29.9 Å². The van der Waals surface area contributed by atoms with Gasteiger partial charge in [-0.05, 0) is 30.5 Å². The van der Waals surface area contributed by atoms with Gasteiger partial charge in [0.2, 0.25) is 0 Å². The average Bonchev–Trinajstić information content (AvgIpc) is 3.21. The zero-order chi connectivity index (χ0) is 15.8. The van der Waals surface area contributed by atoms with Crippen LogP contribution in [0, 0.1) is 5.92 Å². The average molecular weight is 310 g/mol. The third-order valence-electron chi connectivity index (χ3n) is 4.49. The number of benzene rings is 1. The fraction of sp³-hybridized carbons (Fsp3) is 0.375. The van der Waals surface area contributed by atoms with Crippen molar-refractivity contribution >= 4 is 16.9 Å². The molecule has 1 atom stereocenters. The number of hydrogen-bond donors (Lipinski definition) is 1. The number of aromatic amines is 1. The van der Waals surface area contributed by atoms with Gasteiger partial charge in [-0.2, -0.15) is 15.4 Å². The highest BCUT2D eigenvalue weighted by Crippen LogP contribution is 2.21. The van der Waals surface area contributed by atoms with Crippen molar-refractivity contribution in [3.63, 3.8) is 0 Å². The molecule has 0 radical (unpaired) electrons. The number of nitrogens with one attached hydrogen (secondary N) is 1. The number of rotatable bonds is 3. The SMILES string of the molecule is CN(C[C@H]1CCn2ccnc2C1)C(=O)c1ccc2n[nH]nc2c1. The summed E-state index contributed by atoms with van der Waals surface area (Å²) in [6.07, 6.45) is 5.86. The summed E-state index contributed by atoms with van der Waals surface area (Å²) in [6.45, 7) is 1.72. The minimum atomic E-state index is 0.0174. The minimum Gasteiger partial charge on any atom is -0.341 e. The van der Waals surface area contributed by atoms with Gasteiger partial charge in [0, 0.05) is 44.5 Å². The Morgan fingerprint density at radius 2 is 2.26 bits per heavy atom. The lowest BCUT2D eigenvalue weighted by Crippen LogP contribution is -2.35. The highest BCUT2D eigenvalue weighted by atomic mass is 16.2. The maximum Gasteiger partial charge on any atom is 0.253 e. The van der Waals surface area contributed by atoms with Gasteiger partial charge >= 0.3 is 0 Å². The van der Waals surface area contributed by atoms with E-state index in [4.69, 9.17) is 0 Å². The summed E-state index contributed by atoms with van der Waals surface area (Å²) in [6, 6.07) is 5.40. The van der Waals surface area contributed by atoms with Gasteiger partial charge in [0.05, 0.1) is 0 Å². The first-order valence-electron chi connectivity index (χ1n) is 7.77. The van der Waals surface area contributed by atoms with Crippen molar-refractivity contribution in [2.45, 2.75) is 19.4 Å². The molecular weight excluding hydrogens is 292 g/mol. The van der Waals surface area contributed by atoms with E-state index < -0.39 is 0 Å². The van der Waals surface area contributed by atoms with Gasteiger partial charge in [-0.3, -0.25) is 4.79 Å². The molecule has 23 heavy (non-hydrogen) atoms. The largest absolute Gasteiger partial charge is 0.341 e. The van der Waals surface area contributed by atoms with Crippen LogP contribution >= 0.6 is 0 Å². The molecule has 0 bridgehead atoms. The van der Waals surface area contributed by atoms with E-state index in [0.717, 1.165) is 37.3 Å². The molecule has 1 aromatic carbocycles. The number of imidazole rings is 1. The maximum absolute atomic E-state index is 12.6. The fourth-order valence-electron chi connectivity index (χ4n) is 3.24. The lowest BCUT2D eigenvalue weighted by Gasteiger charge is -2.27. The van der Waals surface area contributed by atoms with Crippen LogP contribution in [0.5, 0.6) is 0 Å². The second-order valence-corrected chi connectivity index (χ2v) is 6.11. The standard InChI is InChI=1S/C16H18N6O/c1-21(10-11-4-6-22-7-5-17-15(22)8-11)16(23)12-2-3-13-14(9-12)19-20-18-13/h2-3,5,7,9,11H,4,6,8,10H2,1H3,(H,18,19,20)/t11-/m0/s1. The number of fused-ring (bicyclic) bond motifs is 2. The number of nitrogens with zero attached hydrogens (tertiary/aromatic N) is 5. The summed E-state index contributed by atoms with van der Waals surface area (Å²) in [5.74, 6) is 1.59. The van der Waals surface area contributed by atoms with Crippen LogP contribution in [0.2, 0.25) is 0 Å². The smallest absolute Gasteiger partial charge is 0.253 e. The highest BCUT2D eigenvalue weighted by molar-refractivity contribution is 5.97. The molecule has 3 heterocycles. The van der Waals surface area contributed by atoms with Crippen LogP contribution in [0.4, 0.5) is 0 Å². The molecule has 0 aliphatic carbocycles. The Balaban J connectivity index is 1.46.